The summed E-state index contributed by atoms with van der Waals surface area (Å²) >= 11 is 1.51. The van der Waals surface area contributed by atoms with Crippen molar-refractivity contribution in [2.24, 2.45) is 10.1 Å². The van der Waals surface area contributed by atoms with Crippen LogP contribution in [0.15, 0.2) is 56.5 Å². The Morgan fingerprint density at radius 3 is 2.88 bits per heavy atom. The molecule has 0 aliphatic heterocycles. The maximum absolute atomic E-state index is 9.83. The predicted octanol–water partition coefficient (Wildman–Crippen LogP) is 4.11. The third kappa shape index (κ3) is 4.05. The van der Waals surface area contributed by atoms with E-state index in [4.69, 9.17) is 9.15 Å². The SMILES string of the molecule is CCOc1cc(/C=N\n2c(-c3ccco3)csc2=NC(C)C)ccc1O. The van der Waals surface area contributed by atoms with Gasteiger partial charge in [0.15, 0.2) is 17.3 Å². The monoisotopic (exact) mass is 371 g/mol. The first kappa shape index (κ1) is 18.0. The summed E-state index contributed by atoms with van der Waals surface area (Å²) in [6.45, 7) is 6.40. The molecular weight excluding hydrogens is 350 g/mol. The summed E-state index contributed by atoms with van der Waals surface area (Å²) in [5.41, 5.74) is 1.64. The van der Waals surface area contributed by atoms with Gasteiger partial charge >= 0.3 is 0 Å². The minimum atomic E-state index is 0.110. The smallest absolute Gasteiger partial charge is 0.206 e. The van der Waals surface area contributed by atoms with E-state index in [1.165, 1.54) is 11.3 Å². The van der Waals surface area contributed by atoms with Crippen molar-refractivity contribution in [2.45, 2.75) is 26.8 Å². The lowest BCUT2D eigenvalue weighted by Crippen LogP contribution is -2.14. The van der Waals surface area contributed by atoms with Gasteiger partial charge in [0.2, 0.25) is 4.80 Å². The number of phenols is 1. The van der Waals surface area contributed by atoms with Gasteiger partial charge in [-0.3, -0.25) is 4.99 Å². The van der Waals surface area contributed by atoms with Crippen LogP contribution in [0.5, 0.6) is 11.5 Å². The highest BCUT2D eigenvalue weighted by Crippen LogP contribution is 2.26. The second-order valence-corrected chi connectivity index (χ2v) is 6.66. The molecule has 0 saturated carbocycles. The van der Waals surface area contributed by atoms with Gasteiger partial charge in [0, 0.05) is 11.4 Å². The van der Waals surface area contributed by atoms with E-state index in [-0.39, 0.29) is 11.8 Å². The summed E-state index contributed by atoms with van der Waals surface area (Å²) < 4.78 is 12.7. The van der Waals surface area contributed by atoms with Gasteiger partial charge in [-0.25, -0.2) is 4.68 Å². The van der Waals surface area contributed by atoms with Gasteiger partial charge in [-0.1, -0.05) is 0 Å². The van der Waals surface area contributed by atoms with E-state index in [9.17, 15) is 5.11 Å². The quantitative estimate of drug-likeness (QED) is 0.663. The molecule has 0 saturated heterocycles. The van der Waals surface area contributed by atoms with Crippen molar-refractivity contribution in [1.82, 2.24) is 4.68 Å². The molecule has 0 amide bonds. The maximum Gasteiger partial charge on any atom is 0.206 e. The Balaban J connectivity index is 2.02. The molecular formula is C19H21N3O3S. The van der Waals surface area contributed by atoms with E-state index in [0.29, 0.717) is 12.4 Å². The largest absolute Gasteiger partial charge is 0.504 e. The van der Waals surface area contributed by atoms with Crippen LogP contribution in [0.3, 0.4) is 0 Å². The summed E-state index contributed by atoms with van der Waals surface area (Å²) in [4.78, 5) is 5.41. The number of thiazole rings is 1. The zero-order valence-corrected chi connectivity index (χ0v) is 15.7. The third-order valence-corrected chi connectivity index (χ3v) is 4.26. The number of furan rings is 1. The summed E-state index contributed by atoms with van der Waals surface area (Å²) in [6.07, 6.45) is 3.34. The van der Waals surface area contributed by atoms with Gasteiger partial charge in [-0.2, -0.15) is 5.10 Å². The molecule has 0 bridgehead atoms. The second-order valence-electron chi connectivity index (χ2n) is 5.82. The number of rotatable bonds is 6. The van der Waals surface area contributed by atoms with Crippen LogP contribution in [-0.2, 0) is 0 Å². The van der Waals surface area contributed by atoms with Crippen molar-refractivity contribution in [3.8, 4) is 23.0 Å². The third-order valence-electron chi connectivity index (χ3n) is 3.43. The average Bonchev–Trinajstić information content (AvgIpc) is 3.25. The van der Waals surface area contributed by atoms with Crippen molar-refractivity contribution >= 4 is 17.6 Å². The molecule has 0 spiro atoms. The Morgan fingerprint density at radius 2 is 2.19 bits per heavy atom. The van der Waals surface area contributed by atoms with Crippen molar-refractivity contribution in [1.29, 1.82) is 0 Å². The Labute approximate surface area is 155 Å². The first-order valence-electron chi connectivity index (χ1n) is 8.37. The molecule has 0 radical (unpaired) electrons. The summed E-state index contributed by atoms with van der Waals surface area (Å²) in [5.74, 6) is 1.27. The fourth-order valence-corrected chi connectivity index (χ4v) is 3.27. The van der Waals surface area contributed by atoms with E-state index < -0.39 is 0 Å². The van der Waals surface area contributed by atoms with E-state index in [2.05, 4.69) is 10.1 Å². The molecule has 1 N–H and O–H groups in total. The van der Waals surface area contributed by atoms with Crippen LogP contribution in [0.4, 0.5) is 0 Å². The maximum atomic E-state index is 9.83. The molecule has 26 heavy (non-hydrogen) atoms. The molecule has 3 rings (SSSR count). The minimum Gasteiger partial charge on any atom is -0.504 e. The lowest BCUT2D eigenvalue weighted by Gasteiger charge is -2.06. The lowest BCUT2D eigenvalue weighted by molar-refractivity contribution is 0.318. The van der Waals surface area contributed by atoms with Crippen LogP contribution in [0.25, 0.3) is 11.5 Å². The fraction of sp³-hybridized carbons (Fsp3) is 0.263. The second kappa shape index (κ2) is 8.05. The molecule has 2 aromatic heterocycles. The van der Waals surface area contributed by atoms with E-state index in [1.54, 1.807) is 35.4 Å². The number of phenolic OH excluding ortho intramolecular Hbond substituents is 1. The first-order valence-corrected chi connectivity index (χ1v) is 9.25. The predicted molar refractivity (Wildman–Crippen MR) is 103 cm³/mol. The van der Waals surface area contributed by atoms with Gasteiger partial charge in [0.25, 0.3) is 0 Å². The number of hydrogen-bond acceptors (Lipinski definition) is 6. The molecule has 2 heterocycles. The van der Waals surface area contributed by atoms with Gasteiger partial charge in [-0.05, 0) is 56.7 Å². The van der Waals surface area contributed by atoms with Crippen molar-refractivity contribution in [2.75, 3.05) is 6.61 Å². The van der Waals surface area contributed by atoms with Gasteiger partial charge < -0.3 is 14.3 Å². The highest BCUT2D eigenvalue weighted by Gasteiger charge is 2.10. The number of ether oxygens (including phenoxy) is 1. The van der Waals surface area contributed by atoms with Crippen molar-refractivity contribution < 1.29 is 14.3 Å². The molecule has 0 aliphatic carbocycles. The number of nitrogens with zero attached hydrogens (tertiary/aromatic N) is 3. The Morgan fingerprint density at radius 1 is 1.35 bits per heavy atom. The van der Waals surface area contributed by atoms with Crippen LogP contribution in [0.2, 0.25) is 0 Å². The fourth-order valence-electron chi connectivity index (χ4n) is 2.32. The van der Waals surface area contributed by atoms with Crippen molar-refractivity contribution in [3.63, 3.8) is 0 Å². The Bertz CT molecular complexity index is 953. The normalized spacial score (nSPS) is 12.4. The molecule has 136 valence electrons. The first-order chi connectivity index (χ1) is 12.6. The van der Waals surface area contributed by atoms with Crippen LogP contribution >= 0.6 is 11.3 Å². The van der Waals surface area contributed by atoms with E-state index >= 15 is 0 Å². The topological polar surface area (TPSA) is 72.2 Å². The molecule has 0 fully saturated rings. The molecule has 0 aliphatic rings. The zero-order chi connectivity index (χ0) is 18.5. The summed E-state index contributed by atoms with van der Waals surface area (Å²) in [5, 5.41) is 16.4. The molecule has 0 atom stereocenters. The number of hydrogen-bond donors (Lipinski definition) is 1. The summed E-state index contributed by atoms with van der Waals surface area (Å²) in [7, 11) is 0. The zero-order valence-electron chi connectivity index (χ0n) is 14.9. The van der Waals surface area contributed by atoms with Crippen molar-refractivity contribution in [3.05, 3.63) is 52.3 Å². The van der Waals surface area contributed by atoms with Crippen LogP contribution in [0.1, 0.15) is 26.3 Å². The molecule has 0 unspecified atom stereocenters. The molecule has 6 nitrogen and oxygen atoms in total. The molecule has 1 aromatic carbocycles. The van der Waals surface area contributed by atoms with Gasteiger partial charge in [0.05, 0.1) is 19.1 Å². The van der Waals surface area contributed by atoms with Crippen LogP contribution in [-0.4, -0.2) is 28.6 Å². The number of aromatic nitrogens is 1. The number of aromatic hydroxyl groups is 1. The molecule has 7 heteroatoms. The lowest BCUT2D eigenvalue weighted by atomic mass is 10.2. The molecule has 3 aromatic rings. The minimum absolute atomic E-state index is 0.110. The average molecular weight is 371 g/mol. The van der Waals surface area contributed by atoms with Crippen LogP contribution in [0, 0.1) is 0 Å². The standard InChI is InChI=1S/C19H21N3O3S/c1-4-24-18-10-14(7-8-16(18)23)11-20-22-15(17-6-5-9-25-17)12-26-19(22)21-13(2)3/h5-13,23H,4H2,1-3H3/b20-11-,21-19?. The van der Waals surface area contributed by atoms with Gasteiger partial charge in [-0.15, -0.1) is 11.3 Å². The highest BCUT2D eigenvalue weighted by atomic mass is 32.1. The highest BCUT2D eigenvalue weighted by molar-refractivity contribution is 7.07. The van der Waals surface area contributed by atoms with Crippen LogP contribution < -0.4 is 9.54 Å². The number of benzene rings is 1. The van der Waals surface area contributed by atoms with E-state index in [1.807, 2.05) is 38.3 Å². The Kier molecular flexibility index (Phi) is 5.58. The summed E-state index contributed by atoms with van der Waals surface area (Å²) in [6, 6.07) is 9.01. The van der Waals surface area contributed by atoms with E-state index in [0.717, 1.165) is 21.8 Å². The van der Waals surface area contributed by atoms with Gasteiger partial charge in [0.1, 0.15) is 5.69 Å². The Hall–Kier alpha value is -2.80.